The number of hydrogen-bond acceptors (Lipinski definition) is 9. The summed E-state index contributed by atoms with van der Waals surface area (Å²) in [5, 5.41) is 41.5. The number of aryl methyl sites for hydroxylation is 1. The molecule has 0 unspecified atom stereocenters. The molecule has 1 fully saturated rings. The standard InChI is InChI=1S/C39H49N9O5.C2HF3O2/c1-4-48(5-2)21-20-40-36(49)31-16-19-33(25(3)22-31)28-10-6-26(7-11-28)23-34(43-37(50)30-12-8-27(9-13-30)24-41-39(52)53)38(51)42-32-17-14-29(15-18-32)35-44-46-47-45-35;3-2(4,5)1(6)7/h6-7,10-11,14-19,22,27,30,34,41H,4-5,8-9,12-13,20-21,23-24H2,1-3H3,(H,40,49)(H,42,51)(H,43,50)(H,52,53)(H,44,45,46,47);(H,6,7)/t27?,30?,34-;/m0./s1. The molecule has 7 N–H and O–H groups in total. The van der Waals surface area contributed by atoms with E-state index in [1.54, 1.807) is 24.3 Å². The molecule has 3 aromatic carbocycles. The molecule has 60 heavy (non-hydrogen) atoms. The molecule has 1 saturated carbocycles. The monoisotopic (exact) mass is 837 g/mol. The van der Waals surface area contributed by atoms with Crippen LogP contribution in [0.5, 0.6) is 0 Å². The lowest BCUT2D eigenvalue weighted by Gasteiger charge is -2.29. The number of nitrogens with zero attached hydrogens (tertiary/aromatic N) is 4. The molecule has 1 aromatic heterocycles. The van der Waals surface area contributed by atoms with Gasteiger partial charge >= 0.3 is 18.2 Å². The van der Waals surface area contributed by atoms with Crippen molar-refractivity contribution < 1.29 is 47.4 Å². The average molecular weight is 838 g/mol. The van der Waals surface area contributed by atoms with E-state index in [9.17, 15) is 32.3 Å². The van der Waals surface area contributed by atoms with Crippen molar-refractivity contribution in [2.75, 3.05) is 38.0 Å². The summed E-state index contributed by atoms with van der Waals surface area (Å²) in [6.07, 6.45) is -3.17. The number of carbonyl (C=O) groups excluding carboxylic acids is 3. The fourth-order valence-electron chi connectivity index (χ4n) is 6.73. The van der Waals surface area contributed by atoms with E-state index < -0.39 is 24.3 Å². The maximum absolute atomic E-state index is 13.7. The quantitative estimate of drug-likeness (QED) is 0.0767. The van der Waals surface area contributed by atoms with E-state index in [2.05, 4.69) is 60.6 Å². The van der Waals surface area contributed by atoms with Crippen LogP contribution in [-0.4, -0.2) is 110 Å². The van der Waals surface area contributed by atoms with Gasteiger partial charge in [0.1, 0.15) is 6.04 Å². The Kier molecular flexibility index (Phi) is 17.1. The summed E-state index contributed by atoms with van der Waals surface area (Å²) < 4.78 is 31.7. The third-order valence-corrected chi connectivity index (χ3v) is 10.2. The van der Waals surface area contributed by atoms with Crippen molar-refractivity contribution in [3.8, 4) is 22.5 Å². The number of rotatable bonds is 16. The molecule has 1 aliphatic rings. The topological polar surface area (TPSA) is 232 Å². The van der Waals surface area contributed by atoms with Gasteiger partial charge in [0.15, 0.2) is 0 Å². The summed E-state index contributed by atoms with van der Waals surface area (Å²) in [5.41, 5.74) is 5.71. The number of tetrazole rings is 1. The van der Waals surface area contributed by atoms with Gasteiger partial charge in [-0.3, -0.25) is 14.4 Å². The van der Waals surface area contributed by atoms with Crippen LogP contribution in [0.15, 0.2) is 66.7 Å². The van der Waals surface area contributed by atoms with Crippen molar-refractivity contribution in [3.63, 3.8) is 0 Å². The molecule has 4 aromatic rings. The smallest absolute Gasteiger partial charge is 0.475 e. The highest BCUT2D eigenvalue weighted by Crippen LogP contribution is 2.29. The van der Waals surface area contributed by atoms with Gasteiger partial charge in [0.2, 0.25) is 17.6 Å². The predicted octanol–water partition coefficient (Wildman–Crippen LogP) is 5.29. The Morgan fingerprint density at radius 2 is 1.52 bits per heavy atom. The lowest BCUT2D eigenvalue weighted by Crippen LogP contribution is -2.48. The summed E-state index contributed by atoms with van der Waals surface area (Å²) in [7, 11) is 0. The Balaban J connectivity index is 0.00000104. The van der Waals surface area contributed by atoms with E-state index in [0.717, 1.165) is 60.3 Å². The maximum atomic E-state index is 13.7. The third kappa shape index (κ3) is 14.2. The van der Waals surface area contributed by atoms with E-state index in [0.29, 0.717) is 43.0 Å². The van der Waals surface area contributed by atoms with Gasteiger partial charge in [-0.1, -0.05) is 44.2 Å². The fourth-order valence-corrected chi connectivity index (χ4v) is 6.73. The molecular weight excluding hydrogens is 788 g/mol. The molecule has 1 atom stereocenters. The number of likely N-dealkylation sites (N-methyl/N-ethyl adjacent to an activating group) is 1. The Morgan fingerprint density at radius 1 is 0.883 bits per heavy atom. The van der Waals surface area contributed by atoms with Crippen LogP contribution >= 0.6 is 0 Å². The fraction of sp³-hybridized carbons (Fsp3) is 0.415. The molecule has 0 radical (unpaired) electrons. The van der Waals surface area contributed by atoms with Crippen LogP contribution in [0.3, 0.4) is 0 Å². The highest BCUT2D eigenvalue weighted by molar-refractivity contribution is 5.98. The predicted molar refractivity (Wildman–Crippen MR) is 216 cm³/mol. The number of nitrogens with one attached hydrogen (secondary N) is 5. The molecule has 1 aliphatic carbocycles. The number of halogens is 3. The highest BCUT2D eigenvalue weighted by atomic mass is 19.4. The van der Waals surface area contributed by atoms with E-state index >= 15 is 0 Å². The van der Waals surface area contributed by atoms with Crippen molar-refractivity contribution in [1.82, 2.24) is 41.5 Å². The minimum atomic E-state index is -5.08. The molecule has 16 nitrogen and oxygen atoms in total. The summed E-state index contributed by atoms with van der Waals surface area (Å²) in [5.74, 6) is -3.04. The van der Waals surface area contributed by atoms with Crippen molar-refractivity contribution in [1.29, 1.82) is 0 Å². The van der Waals surface area contributed by atoms with Crippen LogP contribution in [0.25, 0.3) is 22.5 Å². The number of aromatic nitrogens is 4. The van der Waals surface area contributed by atoms with Gasteiger partial charge in [0, 0.05) is 48.8 Å². The number of carbonyl (C=O) groups is 5. The molecule has 1 heterocycles. The number of H-pyrrole nitrogens is 1. The van der Waals surface area contributed by atoms with Gasteiger partial charge in [-0.25, -0.2) is 9.59 Å². The Labute approximate surface area is 344 Å². The SMILES string of the molecule is CCN(CC)CCNC(=O)c1ccc(-c2ccc(C[C@H](NC(=O)C3CCC(CNC(=O)O)CC3)C(=O)Nc3ccc(-c4nn[nH]n4)cc3)cc2)c(C)c1.O=C(O)C(F)(F)F. The third-order valence-electron chi connectivity index (χ3n) is 10.2. The molecule has 0 bridgehead atoms. The van der Waals surface area contributed by atoms with Crippen LogP contribution in [0, 0.1) is 18.8 Å². The number of benzene rings is 3. The van der Waals surface area contributed by atoms with Crippen LogP contribution in [-0.2, 0) is 20.8 Å². The van der Waals surface area contributed by atoms with E-state index in [1.807, 2.05) is 49.4 Å². The first-order valence-corrected chi connectivity index (χ1v) is 19.5. The van der Waals surface area contributed by atoms with Crippen molar-refractivity contribution in [2.45, 2.75) is 65.1 Å². The number of carboxylic acid groups (broad SMARTS) is 2. The second kappa shape index (κ2) is 22.1. The second-order valence-electron chi connectivity index (χ2n) is 14.3. The van der Waals surface area contributed by atoms with E-state index in [1.165, 1.54) is 0 Å². The van der Waals surface area contributed by atoms with Crippen LogP contribution in [0.4, 0.5) is 23.7 Å². The zero-order chi connectivity index (χ0) is 43.8. The molecule has 19 heteroatoms. The maximum Gasteiger partial charge on any atom is 0.490 e. The van der Waals surface area contributed by atoms with Gasteiger partial charge in [0.05, 0.1) is 0 Å². The first-order chi connectivity index (χ1) is 28.6. The Hall–Kier alpha value is -6.37. The van der Waals surface area contributed by atoms with Crippen molar-refractivity contribution >= 4 is 35.5 Å². The largest absolute Gasteiger partial charge is 0.490 e. The summed E-state index contributed by atoms with van der Waals surface area (Å²) in [6, 6.07) is 19.8. The van der Waals surface area contributed by atoms with E-state index in [4.69, 9.17) is 15.0 Å². The minimum Gasteiger partial charge on any atom is -0.475 e. The molecule has 4 amide bonds. The normalized spacial score (nSPS) is 15.5. The Morgan fingerprint density at radius 3 is 2.07 bits per heavy atom. The number of carboxylic acids is 1. The molecule has 0 spiro atoms. The highest BCUT2D eigenvalue weighted by Gasteiger charge is 2.38. The number of hydrogen-bond donors (Lipinski definition) is 7. The lowest BCUT2D eigenvalue weighted by molar-refractivity contribution is -0.192. The zero-order valence-corrected chi connectivity index (χ0v) is 33.5. The first-order valence-electron chi connectivity index (χ1n) is 19.5. The van der Waals surface area contributed by atoms with Gasteiger partial charge in [-0.15, -0.1) is 10.2 Å². The van der Waals surface area contributed by atoms with Gasteiger partial charge in [-0.2, -0.15) is 18.4 Å². The number of alkyl halides is 3. The first kappa shape index (κ1) is 46.3. The second-order valence-corrected chi connectivity index (χ2v) is 14.3. The summed E-state index contributed by atoms with van der Waals surface area (Å²) >= 11 is 0. The zero-order valence-electron chi connectivity index (χ0n) is 33.5. The van der Waals surface area contributed by atoms with Crippen LogP contribution in [0.1, 0.15) is 61.0 Å². The summed E-state index contributed by atoms with van der Waals surface area (Å²) in [6.45, 7) is 9.84. The van der Waals surface area contributed by atoms with Crippen molar-refractivity contribution in [2.24, 2.45) is 11.8 Å². The Bertz CT molecular complexity index is 2040. The van der Waals surface area contributed by atoms with Crippen LogP contribution < -0.4 is 21.3 Å². The van der Waals surface area contributed by atoms with Gasteiger partial charge in [-0.05, 0) is 115 Å². The summed E-state index contributed by atoms with van der Waals surface area (Å²) in [4.78, 5) is 62.1. The van der Waals surface area contributed by atoms with E-state index in [-0.39, 0.29) is 36.0 Å². The molecule has 0 aliphatic heterocycles. The van der Waals surface area contributed by atoms with Crippen LogP contribution in [0.2, 0.25) is 0 Å². The average Bonchev–Trinajstić information content (AvgIpc) is 3.77. The molecule has 5 rings (SSSR count). The number of anilines is 1. The molecular formula is C41H50F3N9O7. The number of amides is 4. The molecule has 0 saturated heterocycles. The lowest BCUT2D eigenvalue weighted by atomic mass is 9.81. The molecule has 322 valence electrons. The van der Waals surface area contributed by atoms with Gasteiger partial charge in [0.25, 0.3) is 5.91 Å². The minimum absolute atomic E-state index is 0.0975. The van der Waals surface area contributed by atoms with Crippen molar-refractivity contribution in [3.05, 3.63) is 83.4 Å². The number of aliphatic carboxylic acids is 1. The number of aromatic amines is 1. The van der Waals surface area contributed by atoms with Gasteiger partial charge < -0.3 is 36.4 Å².